The van der Waals surface area contributed by atoms with E-state index in [0.717, 1.165) is 41.0 Å². The maximum Gasteiger partial charge on any atom is 0.331 e. The number of carbonyl (C=O) groups is 3. The van der Waals surface area contributed by atoms with Crippen LogP contribution in [0.4, 0.5) is 0 Å². The molecule has 0 fully saturated rings. The Hall–Kier alpha value is -3.97. The van der Waals surface area contributed by atoms with E-state index < -0.39 is 5.97 Å². The lowest BCUT2D eigenvalue weighted by molar-refractivity contribution is -0.140. The Balaban J connectivity index is 1.60. The zero-order chi connectivity index (χ0) is 28.0. The van der Waals surface area contributed by atoms with Crippen molar-refractivity contribution in [3.8, 4) is 5.75 Å². The molecule has 0 radical (unpaired) electrons. The molecule has 0 saturated heterocycles. The van der Waals surface area contributed by atoms with Gasteiger partial charge < -0.3 is 9.57 Å². The minimum absolute atomic E-state index is 0.0761. The lowest BCUT2D eigenvalue weighted by atomic mass is 10.0. The molecule has 3 aromatic rings. The van der Waals surface area contributed by atoms with Crippen LogP contribution >= 0.6 is 11.8 Å². The monoisotopic (exact) mass is 543 g/mol. The number of rotatable bonds is 14. The molecule has 3 rings (SSSR count). The van der Waals surface area contributed by atoms with E-state index in [4.69, 9.17) is 9.57 Å². The van der Waals surface area contributed by atoms with Crippen molar-refractivity contribution in [2.45, 2.75) is 55.7 Å². The van der Waals surface area contributed by atoms with Crippen LogP contribution in [0.5, 0.6) is 5.75 Å². The molecule has 0 unspecified atom stereocenters. The summed E-state index contributed by atoms with van der Waals surface area (Å²) in [5, 5.41) is 3.83. The lowest BCUT2D eigenvalue weighted by Crippen LogP contribution is -2.16. The Morgan fingerprint density at radius 3 is 2.03 bits per heavy atom. The average molecular weight is 544 g/mol. The van der Waals surface area contributed by atoms with Crippen LogP contribution in [0.15, 0.2) is 93.8 Å². The van der Waals surface area contributed by atoms with Crippen molar-refractivity contribution in [2.75, 3.05) is 7.11 Å². The zero-order valence-corrected chi connectivity index (χ0v) is 23.3. The molecule has 0 bridgehead atoms. The molecule has 0 N–H and O–H groups in total. The first-order valence-corrected chi connectivity index (χ1v) is 13.7. The molecule has 3 aromatic carbocycles. The standard InChI is InChI=1S/C32H33NO5S/c1-4-5-6-7-8-30(33-38-23(2)34)32(36)26-14-20-29(21-15-26)39-28-18-9-24(10-19-28)11-22-31(35)25-12-16-27(37-3)17-13-25/h9-22H,4-8H2,1-3H3. The summed E-state index contributed by atoms with van der Waals surface area (Å²) in [6.45, 7) is 3.39. The molecule has 39 heavy (non-hydrogen) atoms. The Morgan fingerprint density at radius 2 is 1.44 bits per heavy atom. The first-order chi connectivity index (χ1) is 18.9. The second kappa shape index (κ2) is 15.4. The van der Waals surface area contributed by atoms with Gasteiger partial charge in [0.1, 0.15) is 11.5 Å². The fourth-order valence-electron chi connectivity index (χ4n) is 3.69. The molecular formula is C32H33NO5S. The van der Waals surface area contributed by atoms with Gasteiger partial charge >= 0.3 is 5.97 Å². The summed E-state index contributed by atoms with van der Waals surface area (Å²) >= 11 is 1.57. The van der Waals surface area contributed by atoms with E-state index in [1.807, 2.05) is 36.4 Å². The SMILES string of the molecule is CCCCCCC(=NOC(C)=O)C(=O)c1ccc(Sc2ccc(C=CC(=O)c3ccc(OC)cc3)cc2)cc1. The molecule has 0 saturated carbocycles. The van der Waals surface area contributed by atoms with Crippen LogP contribution in [0.25, 0.3) is 6.08 Å². The predicted octanol–water partition coefficient (Wildman–Crippen LogP) is 7.81. The molecule has 6 nitrogen and oxygen atoms in total. The van der Waals surface area contributed by atoms with E-state index in [2.05, 4.69) is 12.1 Å². The Kier molecular flexibility index (Phi) is 11.7. The van der Waals surface area contributed by atoms with Crippen molar-refractivity contribution >= 4 is 41.1 Å². The van der Waals surface area contributed by atoms with Gasteiger partial charge in [-0.3, -0.25) is 9.59 Å². The normalized spacial score (nSPS) is 11.4. The highest BCUT2D eigenvalue weighted by atomic mass is 32.2. The minimum Gasteiger partial charge on any atom is -0.497 e. The van der Waals surface area contributed by atoms with E-state index in [1.54, 1.807) is 67.4 Å². The quantitative estimate of drug-likeness (QED) is 0.0515. The summed E-state index contributed by atoms with van der Waals surface area (Å²) in [4.78, 5) is 43.4. The number of unbranched alkanes of at least 4 members (excludes halogenated alkanes) is 3. The molecule has 7 heteroatoms. The Bertz CT molecular complexity index is 1310. The molecule has 0 atom stereocenters. The van der Waals surface area contributed by atoms with Crippen molar-refractivity contribution in [3.05, 3.63) is 95.6 Å². The molecule has 0 aliphatic rings. The van der Waals surface area contributed by atoms with Crippen molar-refractivity contribution < 1.29 is 24.0 Å². The van der Waals surface area contributed by atoms with Crippen molar-refractivity contribution in [1.82, 2.24) is 0 Å². The summed E-state index contributed by atoms with van der Waals surface area (Å²) in [5.74, 6) is -0.149. The average Bonchev–Trinajstić information content (AvgIpc) is 2.96. The van der Waals surface area contributed by atoms with Gasteiger partial charge in [0.15, 0.2) is 5.78 Å². The first kappa shape index (κ1) is 29.6. The highest BCUT2D eigenvalue weighted by molar-refractivity contribution is 7.99. The minimum atomic E-state index is -0.550. The van der Waals surface area contributed by atoms with Gasteiger partial charge in [0.25, 0.3) is 0 Å². The van der Waals surface area contributed by atoms with E-state index in [-0.39, 0.29) is 17.3 Å². The van der Waals surface area contributed by atoms with Gasteiger partial charge in [-0.1, -0.05) is 61.3 Å². The number of benzene rings is 3. The third kappa shape index (κ3) is 9.69. The number of methoxy groups -OCH3 is 1. The summed E-state index contributed by atoms with van der Waals surface area (Å²) in [7, 11) is 1.59. The van der Waals surface area contributed by atoms with Gasteiger partial charge in [0, 0.05) is 27.8 Å². The first-order valence-electron chi connectivity index (χ1n) is 12.9. The summed E-state index contributed by atoms with van der Waals surface area (Å²) < 4.78 is 5.13. The second-order valence-electron chi connectivity index (χ2n) is 8.88. The maximum absolute atomic E-state index is 13.0. The zero-order valence-electron chi connectivity index (χ0n) is 22.5. The molecule has 0 aliphatic carbocycles. The number of allylic oxidation sites excluding steroid dienone is 1. The van der Waals surface area contributed by atoms with Crippen LogP contribution in [-0.4, -0.2) is 30.4 Å². The number of hydrogen-bond donors (Lipinski definition) is 0. The second-order valence-corrected chi connectivity index (χ2v) is 10.0. The van der Waals surface area contributed by atoms with Crippen LogP contribution in [0.3, 0.4) is 0 Å². The largest absolute Gasteiger partial charge is 0.497 e. The molecule has 0 aromatic heterocycles. The summed E-state index contributed by atoms with van der Waals surface area (Å²) in [6.07, 6.45) is 7.80. The van der Waals surface area contributed by atoms with E-state index in [9.17, 15) is 14.4 Å². The van der Waals surface area contributed by atoms with E-state index in [1.165, 1.54) is 6.92 Å². The van der Waals surface area contributed by atoms with Gasteiger partial charge in [0.2, 0.25) is 5.78 Å². The third-order valence-electron chi connectivity index (χ3n) is 5.85. The van der Waals surface area contributed by atoms with Gasteiger partial charge in [-0.15, -0.1) is 0 Å². The highest BCUT2D eigenvalue weighted by Crippen LogP contribution is 2.28. The summed E-state index contributed by atoms with van der Waals surface area (Å²) in [6, 6.07) is 22.2. The van der Waals surface area contributed by atoms with Crippen LogP contribution in [0.1, 0.15) is 72.2 Å². The number of carbonyl (C=O) groups excluding carboxylic acids is 3. The summed E-state index contributed by atoms with van der Waals surface area (Å²) in [5.41, 5.74) is 2.28. The van der Waals surface area contributed by atoms with Gasteiger partial charge in [-0.25, -0.2) is 4.79 Å². The van der Waals surface area contributed by atoms with Crippen LogP contribution in [0, 0.1) is 0 Å². The predicted molar refractivity (Wildman–Crippen MR) is 156 cm³/mol. The topological polar surface area (TPSA) is 82.0 Å². The van der Waals surface area contributed by atoms with E-state index in [0.29, 0.717) is 23.3 Å². The number of nitrogens with zero attached hydrogens (tertiary/aromatic N) is 1. The number of oxime groups is 1. The fourth-order valence-corrected chi connectivity index (χ4v) is 4.50. The fraction of sp³-hybridized carbons (Fsp3) is 0.250. The van der Waals surface area contributed by atoms with Crippen LogP contribution in [-0.2, 0) is 9.63 Å². The molecule has 0 spiro atoms. The smallest absolute Gasteiger partial charge is 0.331 e. The van der Waals surface area contributed by atoms with Gasteiger partial charge in [-0.2, -0.15) is 0 Å². The Morgan fingerprint density at radius 1 is 0.821 bits per heavy atom. The third-order valence-corrected chi connectivity index (χ3v) is 6.86. The van der Waals surface area contributed by atoms with Crippen molar-refractivity contribution in [2.24, 2.45) is 5.16 Å². The number of Topliss-reactive ketones (excluding diaryl/α,β-unsaturated/α-hetero) is 1. The maximum atomic E-state index is 13.0. The number of hydrogen-bond acceptors (Lipinski definition) is 7. The van der Waals surface area contributed by atoms with Gasteiger partial charge in [0.05, 0.1) is 7.11 Å². The number of ether oxygens (including phenoxy) is 1. The highest BCUT2D eigenvalue weighted by Gasteiger charge is 2.16. The lowest BCUT2D eigenvalue weighted by Gasteiger charge is -2.07. The molecule has 202 valence electrons. The van der Waals surface area contributed by atoms with Crippen LogP contribution in [0.2, 0.25) is 0 Å². The molecule has 0 heterocycles. The molecule has 0 aliphatic heterocycles. The Labute approximate surface area is 234 Å². The van der Waals surface area contributed by atoms with Gasteiger partial charge in [-0.05, 0) is 85.1 Å². The molecule has 0 amide bonds. The number of ketones is 2. The van der Waals surface area contributed by atoms with Crippen molar-refractivity contribution in [3.63, 3.8) is 0 Å². The molecular weight excluding hydrogens is 510 g/mol. The van der Waals surface area contributed by atoms with Crippen molar-refractivity contribution in [1.29, 1.82) is 0 Å². The van der Waals surface area contributed by atoms with Crippen LogP contribution < -0.4 is 4.74 Å². The van der Waals surface area contributed by atoms with E-state index >= 15 is 0 Å².